The summed E-state index contributed by atoms with van der Waals surface area (Å²) < 4.78 is 0. The van der Waals surface area contributed by atoms with Gasteiger partial charge in [-0.05, 0) is 38.1 Å². The summed E-state index contributed by atoms with van der Waals surface area (Å²) in [6.45, 7) is 7.15. The van der Waals surface area contributed by atoms with Gasteiger partial charge in [0.15, 0.2) is 0 Å². The molecule has 88 valence electrons. The molecule has 0 amide bonds. The zero-order valence-electron chi connectivity index (χ0n) is 10.3. The third-order valence-corrected chi connectivity index (χ3v) is 4.34. The molecule has 1 saturated carbocycles. The van der Waals surface area contributed by atoms with E-state index in [1.54, 1.807) is 0 Å². The topological polar surface area (TPSA) is 29.3 Å². The number of likely N-dealkylation sites (tertiary alicyclic amines) is 1. The Morgan fingerprint density at radius 3 is 2.67 bits per heavy atom. The van der Waals surface area contributed by atoms with Gasteiger partial charge in [-0.15, -0.1) is 0 Å². The minimum absolute atomic E-state index is 0.458. The van der Waals surface area contributed by atoms with Gasteiger partial charge in [-0.2, -0.15) is 0 Å². The van der Waals surface area contributed by atoms with Crippen LogP contribution in [-0.4, -0.2) is 30.1 Å². The minimum Gasteiger partial charge on any atom is -0.327 e. The second-order valence-corrected chi connectivity index (χ2v) is 5.64. The molecule has 2 nitrogen and oxygen atoms in total. The standard InChI is InChI=1S/C13H26N2/c1-3-12-9-15(7-6-13(12)14)10(2)8-11-4-5-11/h10-13H,3-9,14H2,1-2H3. The molecular weight excluding hydrogens is 184 g/mol. The Balaban J connectivity index is 1.81. The zero-order chi connectivity index (χ0) is 10.8. The third kappa shape index (κ3) is 2.94. The van der Waals surface area contributed by atoms with Crippen molar-refractivity contribution in [1.82, 2.24) is 4.90 Å². The van der Waals surface area contributed by atoms with Gasteiger partial charge in [0.2, 0.25) is 0 Å². The first-order valence-electron chi connectivity index (χ1n) is 6.70. The number of nitrogens with zero attached hydrogens (tertiary/aromatic N) is 1. The van der Waals surface area contributed by atoms with Gasteiger partial charge < -0.3 is 10.6 Å². The second-order valence-electron chi connectivity index (χ2n) is 5.64. The maximum Gasteiger partial charge on any atom is 0.00914 e. The Morgan fingerprint density at radius 2 is 2.07 bits per heavy atom. The zero-order valence-corrected chi connectivity index (χ0v) is 10.3. The van der Waals surface area contributed by atoms with Crippen LogP contribution in [0, 0.1) is 11.8 Å². The Kier molecular flexibility index (Phi) is 3.68. The molecule has 15 heavy (non-hydrogen) atoms. The van der Waals surface area contributed by atoms with Crippen LogP contribution in [0.2, 0.25) is 0 Å². The van der Waals surface area contributed by atoms with Crippen LogP contribution in [0.4, 0.5) is 0 Å². The van der Waals surface area contributed by atoms with E-state index in [4.69, 9.17) is 5.73 Å². The highest BCUT2D eigenvalue weighted by atomic mass is 15.2. The highest BCUT2D eigenvalue weighted by Crippen LogP contribution is 2.35. The van der Waals surface area contributed by atoms with Crippen molar-refractivity contribution in [1.29, 1.82) is 0 Å². The van der Waals surface area contributed by atoms with Gasteiger partial charge in [-0.3, -0.25) is 0 Å². The number of hydrogen-bond donors (Lipinski definition) is 1. The van der Waals surface area contributed by atoms with Crippen LogP contribution in [0.3, 0.4) is 0 Å². The lowest BCUT2D eigenvalue weighted by molar-refractivity contribution is 0.107. The van der Waals surface area contributed by atoms with Crippen LogP contribution in [0.5, 0.6) is 0 Å². The van der Waals surface area contributed by atoms with E-state index in [1.165, 1.54) is 45.2 Å². The summed E-state index contributed by atoms with van der Waals surface area (Å²) in [7, 11) is 0. The fraction of sp³-hybridized carbons (Fsp3) is 1.00. The van der Waals surface area contributed by atoms with E-state index in [9.17, 15) is 0 Å². The van der Waals surface area contributed by atoms with Crippen LogP contribution < -0.4 is 5.73 Å². The van der Waals surface area contributed by atoms with Crippen LogP contribution in [-0.2, 0) is 0 Å². The quantitative estimate of drug-likeness (QED) is 0.771. The Hall–Kier alpha value is -0.0800. The Bertz CT molecular complexity index is 201. The first-order chi connectivity index (χ1) is 7.20. The maximum atomic E-state index is 6.14. The van der Waals surface area contributed by atoms with Crippen molar-refractivity contribution in [3.8, 4) is 0 Å². The number of rotatable bonds is 4. The fourth-order valence-electron chi connectivity index (χ4n) is 2.90. The molecule has 2 heteroatoms. The predicted molar refractivity (Wildman–Crippen MR) is 64.7 cm³/mol. The highest BCUT2D eigenvalue weighted by molar-refractivity contribution is 4.86. The third-order valence-electron chi connectivity index (χ3n) is 4.34. The molecule has 1 saturated heterocycles. The molecule has 2 aliphatic rings. The van der Waals surface area contributed by atoms with Crippen molar-refractivity contribution >= 4 is 0 Å². The summed E-state index contributed by atoms with van der Waals surface area (Å²) >= 11 is 0. The van der Waals surface area contributed by atoms with E-state index in [0.29, 0.717) is 6.04 Å². The van der Waals surface area contributed by atoms with Gasteiger partial charge in [0, 0.05) is 18.6 Å². The fourth-order valence-corrected chi connectivity index (χ4v) is 2.90. The number of hydrogen-bond acceptors (Lipinski definition) is 2. The van der Waals surface area contributed by atoms with Gasteiger partial charge >= 0.3 is 0 Å². The summed E-state index contributed by atoms with van der Waals surface area (Å²) in [4.78, 5) is 2.68. The smallest absolute Gasteiger partial charge is 0.00914 e. The van der Waals surface area contributed by atoms with Crippen LogP contribution in [0.1, 0.15) is 46.0 Å². The molecule has 2 N–H and O–H groups in total. The van der Waals surface area contributed by atoms with Crippen molar-refractivity contribution in [2.24, 2.45) is 17.6 Å². The van der Waals surface area contributed by atoms with Crippen LogP contribution >= 0.6 is 0 Å². The molecule has 3 unspecified atom stereocenters. The Morgan fingerprint density at radius 1 is 1.33 bits per heavy atom. The molecule has 1 aliphatic carbocycles. The number of piperidine rings is 1. The number of nitrogens with two attached hydrogens (primary N) is 1. The van der Waals surface area contributed by atoms with Gasteiger partial charge in [0.25, 0.3) is 0 Å². The molecule has 3 atom stereocenters. The Labute approximate surface area is 94.2 Å². The van der Waals surface area contributed by atoms with E-state index < -0.39 is 0 Å². The first-order valence-corrected chi connectivity index (χ1v) is 6.70. The predicted octanol–water partition coefficient (Wildman–Crippen LogP) is 2.23. The van der Waals surface area contributed by atoms with Crippen molar-refractivity contribution in [3.05, 3.63) is 0 Å². The normalized spacial score (nSPS) is 35.4. The highest BCUT2D eigenvalue weighted by Gasteiger charge is 2.31. The van der Waals surface area contributed by atoms with E-state index in [1.807, 2.05) is 0 Å². The van der Waals surface area contributed by atoms with Crippen LogP contribution in [0.25, 0.3) is 0 Å². The van der Waals surface area contributed by atoms with E-state index in [-0.39, 0.29) is 0 Å². The second kappa shape index (κ2) is 4.84. The van der Waals surface area contributed by atoms with Crippen LogP contribution in [0.15, 0.2) is 0 Å². The first kappa shape index (κ1) is 11.4. The lowest BCUT2D eigenvalue weighted by atomic mass is 9.89. The molecule has 0 aromatic rings. The maximum absolute atomic E-state index is 6.14. The van der Waals surface area contributed by atoms with Crippen molar-refractivity contribution in [3.63, 3.8) is 0 Å². The largest absolute Gasteiger partial charge is 0.327 e. The average molecular weight is 210 g/mol. The summed E-state index contributed by atoms with van der Waals surface area (Å²) in [5, 5.41) is 0. The lowest BCUT2D eigenvalue weighted by Crippen LogP contribution is -2.49. The molecule has 0 aromatic carbocycles. The monoisotopic (exact) mass is 210 g/mol. The lowest BCUT2D eigenvalue weighted by Gasteiger charge is -2.40. The molecule has 0 spiro atoms. The summed E-state index contributed by atoms with van der Waals surface area (Å²) in [5.41, 5.74) is 6.14. The van der Waals surface area contributed by atoms with E-state index in [2.05, 4.69) is 18.7 Å². The molecule has 2 fully saturated rings. The summed E-state index contributed by atoms with van der Waals surface area (Å²) in [6.07, 6.45) is 6.83. The van der Waals surface area contributed by atoms with Gasteiger partial charge in [0.05, 0.1) is 0 Å². The average Bonchev–Trinajstić information content (AvgIpc) is 3.02. The van der Waals surface area contributed by atoms with Gasteiger partial charge in [-0.25, -0.2) is 0 Å². The van der Waals surface area contributed by atoms with Crippen molar-refractivity contribution in [2.45, 2.75) is 58.0 Å². The van der Waals surface area contributed by atoms with E-state index >= 15 is 0 Å². The molecular formula is C13H26N2. The van der Waals surface area contributed by atoms with Crippen molar-refractivity contribution in [2.75, 3.05) is 13.1 Å². The van der Waals surface area contributed by atoms with E-state index in [0.717, 1.165) is 17.9 Å². The molecule has 0 radical (unpaired) electrons. The summed E-state index contributed by atoms with van der Waals surface area (Å²) in [5.74, 6) is 1.79. The molecule has 0 aromatic heterocycles. The SMILES string of the molecule is CCC1CN(C(C)CC2CC2)CCC1N. The molecule has 0 bridgehead atoms. The minimum atomic E-state index is 0.458. The van der Waals surface area contributed by atoms with Gasteiger partial charge in [0.1, 0.15) is 0 Å². The van der Waals surface area contributed by atoms with Gasteiger partial charge in [-0.1, -0.05) is 26.2 Å². The molecule has 2 rings (SSSR count). The van der Waals surface area contributed by atoms with Crippen molar-refractivity contribution < 1.29 is 0 Å². The molecule has 1 aliphatic heterocycles. The molecule has 1 heterocycles. The summed E-state index contributed by atoms with van der Waals surface area (Å²) in [6, 6.07) is 1.25.